The minimum Gasteiger partial charge on any atom is -0.458 e. The van der Waals surface area contributed by atoms with Crippen molar-refractivity contribution in [3.8, 4) is 0 Å². The first-order valence-electron chi connectivity index (χ1n) is 9.33. The van der Waals surface area contributed by atoms with Crippen molar-refractivity contribution in [1.82, 2.24) is 0 Å². The molecule has 0 heterocycles. The summed E-state index contributed by atoms with van der Waals surface area (Å²) in [5.41, 5.74) is 3.10. The van der Waals surface area contributed by atoms with Crippen LogP contribution in [0.25, 0.3) is 0 Å². The van der Waals surface area contributed by atoms with Crippen molar-refractivity contribution in [3.63, 3.8) is 0 Å². The molecule has 0 aliphatic heterocycles. The van der Waals surface area contributed by atoms with Crippen LogP contribution in [0.5, 0.6) is 0 Å². The Morgan fingerprint density at radius 1 is 1.28 bits per heavy atom. The Labute approximate surface area is 152 Å². The van der Waals surface area contributed by atoms with E-state index in [2.05, 4.69) is 32.6 Å². The fourth-order valence-corrected chi connectivity index (χ4v) is 4.31. The molecule has 3 nitrogen and oxygen atoms in total. The molecule has 0 bridgehead atoms. The first kappa shape index (κ1) is 19.7. The Balaban J connectivity index is 2.40. The van der Waals surface area contributed by atoms with Crippen molar-refractivity contribution in [2.24, 2.45) is 17.3 Å². The van der Waals surface area contributed by atoms with E-state index >= 15 is 0 Å². The standard InChI is InChI=1S/C22H32O3/c1-14(2)18-13-21(24)22(6)12-11-16(4)20(25-17(5)23)10-8-15(3)7-9-19(18)22/h7,11,18-20H,1,8-10,12-13H2,2-6H3/t18-,19+,20-,22-/m1/s1. The summed E-state index contributed by atoms with van der Waals surface area (Å²) in [6, 6.07) is 0. The zero-order chi connectivity index (χ0) is 18.8. The van der Waals surface area contributed by atoms with Crippen molar-refractivity contribution in [2.75, 3.05) is 0 Å². The Bertz CT molecular complexity index is 625. The van der Waals surface area contributed by atoms with E-state index in [1.165, 1.54) is 12.5 Å². The topological polar surface area (TPSA) is 43.4 Å². The zero-order valence-electron chi connectivity index (χ0n) is 16.4. The molecule has 2 aliphatic carbocycles. The number of hydrogen-bond donors (Lipinski definition) is 0. The number of hydrogen-bond acceptors (Lipinski definition) is 3. The lowest BCUT2D eigenvalue weighted by molar-refractivity contribution is -0.144. The molecule has 0 aromatic heterocycles. The van der Waals surface area contributed by atoms with Crippen LogP contribution in [-0.4, -0.2) is 17.9 Å². The normalized spacial score (nSPS) is 33.6. The third-order valence-corrected chi connectivity index (χ3v) is 6.16. The Morgan fingerprint density at radius 2 is 1.96 bits per heavy atom. The van der Waals surface area contributed by atoms with Crippen molar-refractivity contribution >= 4 is 11.8 Å². The monoisotopic (exact) mass is 344 g/mol. The maximum Gasteiger partial charge on any atom is 0.303 e. The number of esters is 1. The highest BCUT2D eigenvalue weighted by Gasteiger charge is 2.50. The molecule has 0 saturated heterocycles. The number of rotatable bonds is 2. The van der Waals surface area contributed by atoms with E-state index in [4.69, 9.17) is 4.74 Å². The lowest BCUT2D eigenvalue weighted by atomic mass is 9.71. The zero-order valence-corrected chi connectivity index (χ0v) is 16.4. The van der Waals surface area contributed by atoms with Gasteiger partial charge < -0.3 is 4.74 Å². The van der Waals surface area contributed by atoms with Gasteiger partial charge in [0.25, 0.3) is 0 Å². The summed E-state index contributed by atoms with van der Waals surface area (Å²) in [5.74, 6) is 0.642. The van der Waals surface area contributed by atoms with Gasteiger partial charge in [0.05, 0.1) is 0 Å². The van der Waals surface area contributed by atoms with E-state index in [1.54, 1.807) is 0 Å². The van der Waals surface area contributed by atoms with Gasteiger partial charge >= 0.3 is 5.97 Å². The van der Waals surface area contributed by atoms with Gasteiger partial charge in [-0.2, -0.15) is 0 Å². The molecular weight excluding hydrogens is 312 g/mol. The predicted molar refractivity (Wildman–Crippen MR) is 101 cm³/mol. The largest absolute Gasteiger partial charge is 0.458 e. The minimum absolute atomic E-state index is 0.200. The van der Waals surface area contributed by atoms with Crippen LogP contribution < -0.4 is 0 Å². The van der Waals surface area contributed by atoms with Crippen LogP contribution in [0.15, 0.2) is 35.5 Å². The quantitative estimate of drug-likeness (QED) is 0.512. The molecule has 2 aliphatic rings. The molecule has 0 amide bonds. The minimum atomic E-state index is -0.368. The van der Waals surface area contributed by atoms with Crippen LogP contribution >= 0.6 is 0 Å². The summed E-state index contributed by atoms with van der Waals surface area (Å²) < 4.78 is 5.52. The number of carbonyl (C=O) groups is 2. The number of Topliss-reactive ketones (excluding diaryl/α,β-unsaturated/α-hetero) is 1. The molecule has 0 radical (unpaired) electrons. The summed E-state index contributed by atoms with van der Waals surface area (Å²) in [6.45, 7) is 13.9. The van der Waals surface area contributed by atoms with E-state index in [0.29, 0.717) is 24.5 Å². The Hall–Kier alpha value is -1.64. The molecular formula is C22H32O3. The molecule has 0 spiro atoms. The number of allylic oxidation sites excluding steroid dienone is 4. The summed E-state index contributed by atoms with van der Waals surface area (Å²) in [4.78, 5) is 24.3. The molecule has 2 rings (SSSR count). The van der Waals surface area contributed by atoms with Gasteiger partial charge in [-0.3, -0.25) is 9.59 Å². The van der Waals surface area contributed by atoms with Crippen LogP contribution in [0, 0.1) is 17.3 Å². The van der Waals surface area contributed by atoms with E-state index in [1.807, 2.05) is 13.8 Å². The summed E-state index contributed by atoms with van der Waals surface area (Å²) in [5, 5.41) is 0. The highest BCUT2D eigenvalue weighted by molar-refractivity contribution is 5.88. The van der Waals surface area contributed by atoms with Gasteiger partial charge in [0.15, 0.2) is 0 Å². The van der Waals surface area contributed by atoms with Crippen LogP contribution in [0.3, 0.4) is 0 Å². The van der Waals surface area contributed by atoms with Crippen molar-refractivity contribution in [3.05, 3.63) is 35.5 Å². The molecule has 0 unspecified atom stereocenters. The van der Waals surface area contributed by atoms with Crippen LogP contribution in [-0.2, 0) is 14.3 Å². The van der Waals surface area contributed by atoms with Gasteiger partial charge in [-0.05, 0) is 63.9 Å². The molecule has 0 N–H and O–H groups in total. The highest BCUT2D eigenvalue weighted by atomic mass is 16.5. The van der Waals surface area contributed by atoms with Crippen LogP contribution in [0.2, 0.25) is 0 Å². The van der Waals surface area contributed by atoms with Gasteiger partial charge in [-0.25, -0.2) is 0 Å². The molecule has 0 aromatic rings. The first-order chi connectivity index (χ1) is 11.6. The molecule has 1 fully saturated rings. The van der Waals surface area contributed by atoms with Crippen molar-refractivity contribution in [1.29, 1.82) is 0 Å². The fourth-order valence-electron chi connectivity index (χ4n) is 4.31. The summed E-state index contributed by atoms with van der Waals surface area (Å²) in [7, 11) is 0. The second-order valence-electron chi connectivity index (χ2n) is 8.18. The third kappa shape index (κ3) is 4.31. The van der Waals surface area contributed by atoms with Crippen LogP contribution in [0.1, 0.15) is 66.7 Å². The van der Waals surface area contributed by atoms with Gasteiger partial charge in [-0.1, -0.05) is 36.8 Å². The SMILES string of the molecule is C=C(C)[C@H]1CC(=O)[C@]2(C)CC=C(C)[C@H](OC(C)=O)CCC(C)=CC[C@@H]12. The smallest absolute Gasteiger partial charge is 0.303 e. The average molecular weight is 344 g/mol. The lowest BCUT2D eigenvalue weighted by Crippen LogP contribution is -2.30. The third-order valence-electron chi connectivity index (χ3n) is 6.16. The molecule has 138 valence electrons. The average Bonchev–Trinajstić information content (AvgIpc) is 2.77. The van der Waals surface area contributed by atoms with Gasteiger partial charge in [0.1, 0.15) is 11.9 Å². The molecule has 1 saturated carbocycles. The fraction of sp³-hybridized carbons (Fsp3) is 0.636. The second kappa shape index (κ2) is 7.72. The number of carbonyl (C=O) groups excluding carboxylic acids is 2. The molecule has 25 heavy (non-hydrogen) atoms. The second-order valence-corrected chi connectivity index (χ2v) is 8.18. The van der Waals surface area contributed by atoms with E-state index < -0.39 is 0 Å². The van der Waals surface area contributed by atoms with Gasteiger partial charge in [-0.15, -0.1) is 0 Å². The molecule has 3 heteroatoms. The Kier molecular flexibility index (Phi) is 6.08. The van der Waals surface area contributed by atoms with Crippen molar-refractivity contribution in [2.45, 2.75) is 72.8 Å². The highest BCUT2D eigenvalue weighted by Crippen LogP contribution is 2.51. The lowest BCUT2D eigenvalue weighted by Gasteiger charge is -2.32. The van der Waals surface area contributed by atoms with E-state index in [9.17, 15) is 9.59 Å². The van der Waals surface area contributed by atoms with Crippen LogP contribution in [0.4, 0.5) is 0 Å². The maximum atomic E-state index is 12.9. The summed E-state index contributed by atoms with van der Waals surface area (Å²) >= 11 is 0. The summed E-state index contributed by atoms with van der Waals surface area (Å²) in [6.07, 6.45) is 8.12. The van der Waals surface area contributed by atoms with Crippen molar-refractivity contribution < 1.29 is 14.3 Å². The first-order valence-corrected chi connectivity index (χ1v) is 9.33. The Morgan fingerprint density at radius 3 is 2.56 bits per heavy atom. The van der Waals surface area contributed by atoms with Gasteiger partial charge in [0.2, 0.25) is 0 Å². The predicted octanol–water partition coefficient (Wildman–Crippen LogP) is 5.17. The number of ketones is 1. The number of fused-ring (bicyclic) bond motifs is 1. The van der Waals surface area contributed by atoms with Gasteiger partial charge in [0, 0.05) is 18.8 Å². The number of ether oxygens (including phenoxy) is 1. The van der Waals surface area contributed by atoms with E-state index in [-0.39, 0.29) is 23.4 Å². The molecule has 0 aromatic carbocycles. The molecule has 4 atom stereocenters. The van der Waals surface area contributed by atoms with E-state index in [0.717, 1.165) is 30.4 Å². The maximum absolute atomic E-state index is 12.9.